The monoisotopic (exact) mass is 368 g/mol. The third-order valence-corrected chi connectivity index (χ3v) is 4.58. The van der Waals surface area contributed by atoms with E-state index in [1.54, 1.807) is 18.2 Å². The van der Waals surface area contributed by atoms with Crippen LogP contribution in [0.3, 0.4) is 0 Å². The highest BCUT2D eigenvalue weighted by Gasteiger charge is 2.12. The second-order valence-corrected chi connectivity index (χ2v) is 6.43. The van der Waals surface area contributed by atoms with E-state index in [0.29, 0.717) is 11.1 Å². The van der Waals surface area contributed by atoms with E-state index in [0.717, 1.165) is 45.0 Å². The van der Waals surface area contributed by atoms with Crippen LogP contribution in [0.2, 0.25) is 0 Å². The summed E-state index contributed by atoms with van der Waals surface area (Å²) in [6.45, 7) is 4.59. The molecule has 0 spiro atoms. The third-order valence-electron chi connectivity index (χ3n) is 4.58. The fraction of sp³-hybridized carbons (Fsp3) is 0.333. The summed E-state index contributed by atoms with van der Waals surface area (Å²) in [6, 6.07) is 14.3. The Labute approximate surface area is 159 Å². The highest BCUT2D eigenvalue weighted by molar-refractivity contribution is 6.05. The fourth-order valence-corrected chi connectivity index (χ4v) is 2.98. The summed E-state index contributed by atoms with van der Waals surface area (Å²) in [6.07, 6.45) is 0.968. The van der Waals surface area contributed by atoms with Gasteiger partial charge in [0, 0.05) is 30.9 Å². The van der Waals surface area contributed by atoms with Crippen molar-refractivity contribution in [2.45, 2.75) is 6.42 Å². The zero-order valence-corrected chi connectivity index (χ0v) is 15.4. The molecule has 2 aromatic rings. The maximum Gasteiger partial charge on any atom is 0.337 e. The van der Waals surface area contributed by atoms with Crippen LogP contribution in [0, 0.1) is 0 Å². The lowest BCUT2D eigenvalue weighted by Gasteiger charge is -2.26. The lowest BCUT2D eigenvalue weighted by Crippen LogP contribution is -2.37. The zero-order valence-electron chi connectivity index (χ0n) is 15.4. The highest BCUT2D eigenvalue weighted by atomic mass is 16.5. The molecule has 1 aliphatic heterocycles. The first-order valence-corrected chi connectivity index (χ1v) is 9.04. The summed E-state index contributed by atoms with van der Waals surface area (Å²) in [5.41, 5.74) is 2.71. The molecule has 1 fully saturated rings. The number of anilines is 1. The second-order valence-electron chi connectivity index (χ2n) is 6.43. The summed E-state index contributed by atoms with van der Waals surface area (Å²) in [5, 5.41) is 2.86. The summed E-state index contributed by atoms with van der Waals surface area (Å²) >= 11 is 0. The van der Waals surface area contributed by atoms with Gasteiger partial charge in [0.1, 0.15) is 0 Å². The second kappa shape index (κ2) is 9.30. The molecule has 0 atom stereocenters. The predicted molar refractivity (Wildman–Crippen MR) is 103 cm³/mol. The first kappa shape index (κ1) is 19.1. The van der Waals surface area contributed by atoms with Crippen molar-refractivity contribution < 1.29 is 19.1 Å². The normalized spacial score (nSPS) is 14.6. The number of carbonyl (C=O) groups excluding carboxylic acids is 2. The standard InChI is InChI=1S/C21H24N2O4/c1-26-21(25)18-4-2-3-17(15-18)20(24)22-19-7-5-16(6-8-19)9-10-23-11-13-27-14-12-23/h2-8,15H,9-14H2,1H3,(H,22,24). The number of ether oxygens (including phenoxy) is 2. The Hall–Kier alpha value is -2.70. The fourth-order valence-electron chi connectivity index (χ4n) is 2.98. The Bertz CT molecular complexity index is 783. The molecule has 0 saturated carbocycles. The molecule has 2 aromatic carbocycles. The van der Waals surface area contributed by atoms with Gasteiger partial charge in [0.05, 0.1) is 25.9 Å². The quantitative estimate of drug-likeness (QED) is 0.794. The van der Waals surface area contributed by atoms with Gasteiger partial charge in [0.25, 0.3) is 5.91 Å². The van der Waals surface area contributed by atoms with Gasteiger partial charge in [0.2, 0.25) is 0 Å². The van der Waals surface area contributed by atoms with Crippen molar-refractivity contribution in [1.29, 1.82) is 0 Å². The van der Waals surface area contributed by atoms with Gasteiger partial charge in [-0.05, 0) is 42.3 Å². The number of carbonyl (C=O) groups is 2. The largest absolute Gasteiger partial charge is 0.465 e. The number of morpholine rings is 1. The maximum atomic E-state index is 12.4. The van der Waals surface area contributed by atoms with Crippen LogP contribution in [0.4, 0.5) is 5.69 Å². The highest BCUT2D eigenvalue weighted by Crippen LogP contribution is 2.14. The number of benzene rings is 2. The van der Waals surface area contributed by atoms with Gasteiger partial charge in [-0.15, -0.1) is 0 Å². The average molecular weight is 368 g/mol. The van der Waals surface area contributed by atoms with Crippen LogP contribution in [0.1, 0.15) is 26.3 Å². The van der Waals surface area contributed by atoms with Gasteiger partial charge in [-0.2, -0.15) is 0 Å². The van der Waals surface area contributed by atoms with Crippen molar-refractivity contribution in [3.63, 3.8) is 0 Å². The number of nitrogens with zero attached hydrogens (tertiary/aromatic N) is 1. The van der Waals surface area contributed by atoms with Gasteiger partial charge in [-0.25, -0.2) is 4.79 Å². The van der Waals surface area contributed by atoms with E-state index < -0.39 is 5.97 Å². The van der Waals surface area contributed by atoms with Crippen molar-refractivity contribution in [2.75, 3.05) is 45.3 Å². The van der Waals surface area contributed by atoms with Crippen LogP contribution in [0.15, 0.2) is 48.5 Å². The first-order valence-electron chi connectivity index (χ1n) is 9.04. The molecule has 27 heavy (non-hydrogen) atoms. The Balaban J connectivity index is 1.56. The Morgan fingerprint density at radius 1 is 1.07 bits per heavy atom. The van der Waals surface area contributed by atoms with Crippen LogP contribution in [-0.2, 0) is 15.9 Å². The predicted octanol–water partition coefficient (Wildman–Crippen LogP) is 2.60. The molecule has 1 amide bonds. The summed E-state index contributed by atoms with van der Waals surface area (Å²) < 4.78 is 10.0. The van der Waals surface area contributed by atoms with E-state index in [1.807, 2.05) is 24.3 Å². The van der Waals surface area contributed by atoms with Crippen molar-refractivity contribution in [3.05, 3.63) is 65.2 Å². The SMILES string of the molecule is COC(=O)c1cccc(C(=O)Nc2ccc(CCN3CCOCC3)cc2)c1. The third kappa shape index (κ3) is 5.39. The minimum Gasteiger partial charge on any atom is -0.465 e. The average Bonchev–Trinajstić information content (AvgIpc) is 2.73. The number of hydrogen-bond donors (Lipinski definition) is 1. The van der Waals surface area contributed by atoms with E-state index in [1.165, 1.54) is 18.7 Å². The van der Waals surface area contributed by atoms with Crippen molar-refractivity contribution in [3.8, 4) is 0 Å². The molecule has 6 nitrogen and oxygen atoms in total. The van der Waals surface area contributed by atoms with Gasteiger partial charge >= 0.3 is 5.97 Å². The van der Waals surface area contributed by atoms with Crippen molar-refractivity contribution >= 4 is 17.6 Å². The smallest absolute Gasteiger partial charge is 0.337 e. The zero-order chi connectivity index (χ0) is 19.1. The molecule has 1 N–H and O–H groups in total. The number of nitrogens with one attached hydrogen (secondary N) is 1. The molecule has 0 aliphatic carbocycles. The Morgan fingerprint density at radius 2 is 1.78 bits per heavy atom. The molecule has 1 saturated heterocycles. The number of amides is 1. The number of methoxy groups -OCH3 is 1. The molecular weight excluding hydrogens is 344 g/mol. The molecule has 142 valence electrons. The lowest BCUT2D eigenvalue weighted by molar-refractivity contribution is 0.0384. The molecule has 0 bridgehead atoms. The topological polar surface area (TPSA) is 67.9 Å². The van der Waals surface area contributed by atoms with Crippen LogP contribution in [0.25, 0.3) is 0 Å². The molecule has 1 heterocycles. The molecular formula is C21H24N2O4. The van der Waals surface area contributed by atoms with E-state index in [9.17, 15) is 9.59 Å². The number of hydrogen-bond acceptors (Lipinski definition) is 5. The van der Waals surface area contributed by atoms with Gasteiger partial charge in [0.15, 0.2) is 0 Å². The van der Waals surface area contributed by atoms with Crippen LogP contribution in [-0.4, -0.2) is 56.7 Å². The Morgan fingerprint density at radius 3 is 2.48 bits per heavy atom. The van der Waals surface area contributed by atoms with Gasteiger partial charge in [-0.1, -0.05) is 18.2 Å². The van der Waals surface area contributed by atoms with E-state index in [2.05, 4.69) is 15.0 Å². The van der Waals surface area contributed by atoms with Crippen LogP contribution in [0.5, 0.6) is 0 Å². The number of rotatable bonds is 6. The summed E-state index contributed by atoms with van der Waals surface area (Å²) in [7, 11) is 1.32. The molecule has 1 aliphatic rings. The number of esters is 1. The minimum absolute atomic E-state index is 0.262. The van der Waals surface area contributed by atoms with E-state index in [-0.39, 0.29) is 5.91 Å². The van der Waals surface area contributed by atoms with Crippen molar-refractivity contribution in [2.24, 2.45) is 0 Å². The maximum absolute atomic E-state index is 12.4. The Kier molecular flexibility index (Phi) is 6.57. The van der Waals surface area contributed by atoms with E-state index >= 15 is 0 Å². The molecule has 0 unspecified atom stereocenters. The van der Waals surface area contributed by atoms with Crippen molar-refractivity contribution in [1.82, 2.24) is 4.90 Å². The molecule has 6 heteroatoms. The van der Waals surface area contributed by atoms with Crippen LogP contribution >= 0.6 is 0 Å². The molecule has 0 radical (unpaired) electrons. The van der Waals surface area contributed by atoms with Gasteiger partial charge < -0.3 is 14.8 Å². The summed E-state index contributed by atoms with van der Waals surface area (Å²) in [4.78, 5) is 26.4. The summed E-state index contributed by atoms with van der Waals surface area (Å²) in [5.74, 6) is -0.726. The van der Waals surface area contributed by atoms with Crippen LogP contribution < -0.4 is 5.32 Å². The molecule has 3 rings (SSSR count). The van der Waals surface area contributed by atoms with Gasteiger partial charge in [-0.3, -0.25) is 9.69 Å². The lowest BCUT2D eigenvalue weighted by atomic mass is 10.1. The minimum atomic E-state index is -0.464. The molecule has 0 aromatic heterocycles. The first-order chi connectivity index (χ1) is 13.2. The van der Waals surface area contributed by atoms with E-state index in [4.69, 9.17) is 4.74 Å².